The van der Waals surface area contributed by atoms with Crippen LogP contribution >= 0.6 is 0 Å². The standard InChI is InChI=1S/C30H40N2O6/c1-18-11-12-20(30(2,3)4)17-21(18)26(33)24-25(32(29(35)27(24)34)14-10-13-31(5)6)19-15-22(36-7)28(38-9)23(16-19)37-8/h11-12,15-17,25,33H,10,13-14H2,1-9H3/b26-24+. The van der Waals surface area contributed by atoms with Crippen molar-refractivity contribution in [3.63, 3.8) is 0 Å². The van der Waals surface area contributed by atoms with Crippen molar-refractivity contribution in [1.82, 2.24) is 9.80 Å². The lowest BCUT2D eigenvalue weighted by atomic mass is 9.84. The van der Waals surface area contributed by atoms with E-state index in [2.05, 4.69) is 20.8 Å². The molecule has 1 fully saturated rings. The van der Waals surface area contributed by atoms with Gasteiger partial charge in [0.25, 0.3) is 11.7 Å². The second-order valence-corrected chi connectivity index (χ2v) is 10.9. The zero-order valence-corrected chi connectivity index (χ0v) is 24.0. The van der Waals surface area contributed by atoms with Crippen molar-refractivity contribution >= 4 is 17.4 Å². The van der Waals surface area contributed by atoms with Gasteiger partial charge in [-0.1, -0.05) is 32.9 Å². The zero-order chi connectivity index (χ0) is 28.4. The molecule has 0 saturated carbocycles. The largest absolute Gasteiger partial charge is 0.507 e. The molecular weight excluding hydrogens is 484 g/mol. The summed E-state index contributed by atoms with van der Waals surface area (Å²) >= 11 is 0. The number of likely N-dealkylation sites (tertiary alicyclic amines) is 1. The van der Waals surface area contributed by atoms with E-state index in [-0.39, 0.29) is 16.7 Å². The zero-order valence-electron chi connectivity index (χ0n) is 24.0. The topological polar surface area (TPSA) is 88.5 Å². The first-order valence-electron chi connectivity index (χ1n) is 12.7. The normalized spacial score (nSPS) is 17.3. The Hall–Kier alpha value is -3.52. The fraction of sp³-hybridized carbons (Fsp3) is 0.467. The molecule has 0 spiro atoms. The number of carbonyl (C=O) groups excluding carboxylic acids is 2. The first kappa shape index (κ1) is 29.0. The van der Waals surface area contributed by atoms with Crippen molar-refractivity contribution in [2.24, 2.45) is 0 Å². The van der Waals surface area contributed by atoms with E-state index in [4.69, 9.17) is 14.2 Å². The van der Waals surface area contributed by atoms with Gasteiger partial charge in [-0.3, -0.25) is 9.59 Å². The van der Waals surface area contributed by atoms with E-state index in [0.717, 1.165) is 17.7 Å². The molecular formula is C30H40N2O6. The van der Waals surface area contributed by atoms with Crippen LogP contribution in [0.4, 0.5) is 0 Å². The van der Waals surface area contributed by atoms with E-state index in [1.54, 1.807) is 12.1 Å². The average molecular weight is 525 g/mol. The number of rotatable bonds is 9. The number of aliphatic hydroxyl groups is 1. The Bertz CT molecular complexity index is 1220. The van der Waals surface area contributed by atoms with Gasteiger partial charge in [0.1, 0.15) is 5.76 Å². The Kier molecular flexibility index (Phi) is 8.77. The Morgan fingerprint density at radius 2 is 1.61 bits per heavy atom. The number of nitrogens with zero attached hydrogens (tertiary/aromatic N) is 2. The molecule has 3 rings (SSSR count). The number of benzene rings is 2. The lowest BCUT2D eigenvalue weighted by Crippen LogP contribution is -2.32. The highest BCUT2D eigenvalue weighted by Gasteiger charge is 2.46. The number of ketones is 1. The highest BCUT2D eigenvalue weighted by Crippen LogP contribution is 2.46. The average Bonchev–Trinajstić information content (AvgIpc) is 3.11. The Morgan fingerprint density at radius 1 is 1.00 bits per heavy atom. The minimum absolute atomic E-state index is 0.0447. The third kappa shape index (κ3) is 5.65. The molecule has 2 aromatic carbocycles. The summed E-state index contributed by atoms with van der Waals surface area (Å²) in [4.78, 5) is 30.5. The predicted octanol–water partition coefficient (Wildman–Crippen LogP) is 4.69. The summed E-state index contributed by atoms with van der Waals surface area (Å²) in [5.41, 5.74) is 2.79. The number of methoxy groups -OCH3 is 3. The van der Waals surface area contributed by atoms with Gasteiger partial charge < -0.3 is 29.1 Å². The van der Waals surface area contributed by atoms with E-state index < -0.39 is 17.7 Å². The summed E-state index contributed by atoms with van der Waals surface area (Å²) in [5, 5.41) is 11.7. The third-order valence-electron chi connectivity index (χ3n) is 6.91. The number of hydrogen-bond acceptors (Lipinski definition) is 7. The molecule has 1 unspecified atom stereocenters. The van der Waals surface area contributed by atoms with Crippen LogP contribution in [0.1, 0.15) is 55.5 Å². The molecule has 1 amide bonds. The highest BCUT2D eigenvalue weighted by atomic mass is 16.5. The molecule has 8 nitrogen and oxygen atoms in total. The van der Waals surface area contributed by atoms with Crippen LogP contribution in [-0.2, 0) is 15.0 Å². The molecule has 1 N–H and O–H groups in total. The van der Waals surface area contributed by atoms with E-state index >= 15 is 0 Å². The van der Waals surface area contributed by atoms with Crippen molar-refractivity contribution in [3.05, 3.63) is 58.2 Å². The number of Topliss-reactive ketones (excluding diaryl/α,β-unsaturated/α-hetero) is 1. The number of hydrogen-bond donors (Lipinski definition) is 1. The second-order valence-electron chi connectivity index (χ2n) is 10.9. The minimum Gasteiger partial charge on any atom is -0.507 e. The SMILES string of the molecule is COc1cc(C2/C(=C(\O)c3cc(C(C)(C)C)ccc3C)C(=O)C(=O)N2CCCN(C)C)cc(OC)c1OC. The Morgan fingerprint density at radius 3 is 2.11 bits per heavy atom. The lowest BCUT2D eigenvalue weighted by Gasteiger charge is -2.27. The predicted molar refractivity (Wildman–Crippen MR) is 148 cm³/mol. The van der Waals surface area contributed by atoms with Crippen LogP contribution < -0.4 is 14.2 Å². The summed E-state index contributed by atoms with van der Waals surface area (Å²) < 4.78 is 16.6. The van der Waals surface area contributed by atoms with Crippen LogP contribution in [0.2, 0.25) is 0 Å². The van der Waals surface area contributed by atoms with Crippen molar-refractivity contribution in [2.45, 2.75) is 45.6 Å². The molecule has 0 aromatic heterocycles. The van der Waals surface area contributed by atoms with Gasteiger partial charge >= 0.3 is 0 Å². The maximum absolute atomic E-state index is 13.5. The van der Waals surface area contributed by atoms with Crippen molar-refractivity contribution in [3.8, 4) is 17.2 Å². The summed E-state index contributed by atoms with van der Waals surface area (Å²) in [6, 6.07) is 8.46. The lowest BCUT2D eigenvalue weighted by molar-refractivity contribution is -0.139. The number of amides is 1. The van der Waals surface area contributed by atoms with Gasteiger partial charge in [-0.05, 0) is 74.3 Å². The maximum Gasteiger partial charge on any atom is 0.295 e. The van der Waals surface area contributed by atoms with E-state index in [1.165, 1.54) is 26.2 Å². The molecule has 1 aliphatic heterocycles. The van der Waals surface area contributed by atoms with E-state index in [1.807, 2.05) is 44.1 Å². The second kappa shape index (κ2) is 11.5. The van der Waals surface area contributed by atoms with Gasteiger partial charge in [0.15, 0.2) is 11.5 Å². The summed E-state index contributed by atoms with van der Waals surface area (Å²) in [6.45, 7) is 9.20. The van der Waals surface area contributed by atoms with Crippen LogP contribution in [-0.4, -0.2) is 75.1 Å². The van der Waals surface area contributed by atoms with Crippen molar-refractivity contribution in [2.75, 3.05) is 48.5 Å². The quantitative estimate of drug-likeness (QED) is 0.289. The number of ether oxygens (including phenoxy) is 3. The third-order valence-corrected chi connectivity index (χ3v) is 6.91. The minimum atomic E-state index is -0.830. The van der Waals surface area contributed by atoms with E-state index in [0.29, 0.717) is 41.3 Å². The highest BCUT2D eigenvalue weighted by molar-refractivity contribution is 6.46. The Balaban J connectivity index is 2.29. The molecule has 206 valence electrons. The molecule has 1 saturated heterocycles. The summed E-state index contributed by atoms with van der Waals surface area (Å²) in [6.07, 6.45) is 0.652. The first-order chi connectivity index (χ1) is 17.8. The van der Waals surface area contributed by atoms with Gasteiger partial charge in [-0.15, -0.1) is 0 Å². The molecule has 2 aromatic rings. The number of carbonyl (C=O) groups is 2. The molecule has 38 heavy (non-hydrogen) atoms. The summed E-state index contributed by atoms with van der Waals surface area (Å²) in [7, 11) is 8.44. The smallest absolute Gasteiger partial charge is 0.295 e. The van der Waals surface area contributed by atoms with Gasteiger partial charge in [-0.25, -0.2) is 0 Å². The molecule has 0 bridgehead atoms. The monoisotopic (exact) mass is 524 g/mol. The molecule has 8 heteroatoms. The molecule has 0 radical (unpaired) electrons. The van der Waals surface area contributed by atoms with Crippen LogP contribution in [0.15, 0.2) is 35.9 Å². The first-order valence-corrected chi connectivity index (χ1v) is 12.7. The van der Waals surface area contributed by atoms with E-state index in [9.17, 15) is 14.7 Å². The van der Waals surface area contributed by atoms with Crippen LogP contribution in [0, 0.1) is 6.92 Å². The van der Waals surface area contributed by atoms with Crippen LogP contribution in [0.5, 0.6) is 17.2 Å². The number of aryl methyl sites for hydroxylation is 1. The molecule has 1 aliphatic rings. The van der Waals surface area contributed by atoms with Gasteiger partial charge in [-0.2, -0.15) is 0 Å². The fourth-order valence-electron chi connectivity index (χ4n) is 4.76. The van der Waals surface area contributed by atoms with Gasteiger partial charge in [0.2, 0.25) is 5.75 Å². The van der Waals surface area contributed by atoms with Gasteiger partial charge in [0.05, 0.1) is 32.9 Å². The van der Waals surface area contributed by atoms with Crippen LogP contribution in [0.25, 0.3) is 5.76 Å². The molecule has 0 aliphatic carbocycles. The van der Waals surface area contributed by atoms with Crippen molar-refractivity contribution < 1.29 is 28.9 Å². The Labute approximate surface area is 225 Å². The fourth-order valence-corrected chi connectivity index (χ4v) is 4.76. The number of aliphatic hydroxyl groups excluding tert-OH is 1. The summed E-state index contributed by atoms with van der Waals surface area (Å²) in [5.74, 6) is -0.364. The molecule has 1 heterocycles. The van der Waals surface area contributed by atoms with Gasteiger partial charge in [0, 0.05) is 12.1 Å². The molecule has 1 atom stereocenters. The van der Waals surface area contributed by atoms with Crippen molar-refractivity contribution in [1.29, 1.82) is 0 Å². The van der Waals surface area contributed by atoms with Crippen LogP contribution in [0.3, 0.4) is 0 Å². The maximum atomic E-state index is 13.5.